The summed E-state index contributed by atoms with van der Waals surface area (Å²) in [5, 5.41) is 16.5. The molecule has 2 aromatic heterocycles. The van der Waals surface area contributed by atoms with Gasteiger partial charge in [-0.1, -0.05) is 24.5 Å². The second kappa shape index (κ2) is 8.10. The molecule has 3 heterocycles. The van der Waals surface area contributed by atoms with E-state index in [2.05, 4.69) is 31.5 Å². The van der Waals surface area contributed by atoms with Crippen LogP contribution in [0, 0.1) is 0 Å². The van der Waals surface area contributed by atoms with Crippen LogP contribution in [0.2, 0.25) is 0 Å². The molecule has 7 nitrogen and oxygen atoms in total. The highest BCUT2D eigenvalue weighted by molar-refractivity contribution is 5.04. The summed E-state index contributed by atoms with van der Waals surface area (Å²) in [6, 6.07) is 2.64. The van der Waals surface area contributed by atoms with Crippen LogP contribution in [-0.2, 0) is 17.9 Å². The fraction of sp³-hybridized carbons (Fsp3) is 0.722. The van der Waals surface area contributed by atoms with Crippen LogP contribution in [0.4, 0.5) is 0 Å². The largest absolute Gasteiger partial charge is 0.370 e. The van der Waals surface area contributed by atoms with Gasteiger partial charge in [0.05, 0.1) is 37.2 Å². The van der Waals surface area contributed by atoms with Crippen LogP contribution in [0.25, 0.3) is 0 Å². The SMILES string of the molecule is c1cc(Cn2cc(COC3CCCNC3)nn2)n(C2CCCCC2)n1. The summed E-state index contributed by atoms with van der Waals surface area (Å²) in [6.45, 7) is 3.29. The van der Waals surface area contributed by atoms with Crippen molar-refractivity contribution in [1.29, 1.82) is 0 Å². The van der Waals surface area contributed by atoms with Gasteiger partial charge < -0.3 is 10.1 Å². The van der Waals surface area contributed by atoms with Crippen molar-refractivity contribution in [3.05, 3.63) is 29.8 Å². The third kappa shape index (κ3) is 4.27. The van der Waals surface area contributed by atoms with Crippen molar-refractivity contribution in [3.8, 4) is 0 Å². The maximum Gasteiger partial charge on any atom is 0.108 e. The van der Waals surface area contributed by atoms with Gasteiger partial charge in [0.1, 0.15) is 5.69 Å². The van der Waals surface area contributed by atoms with Crippen LogP contribution in [-0.4, -0.2) is 44.0 Å². The number of ether oxygens (including phenoxy) is 1. The van der Waals surface area contributed by atoms with Crippen LogP contribution in [0.3, 0.4) is 0 Å². The molecule has 2 aromatic rings. The molecule has 1 N–H and O–H groups in total. The Morgan fingerprint density at radius 3 is 2.92 bits per heavy atom. The predicted molar refractivity (Wildman–Crippen MR) is 94.2 cm³/mol. The predicted octanol–water partition coefficient (Wildman–Crippen LogP) is 2.30. The summed E-state index contributed by atoms with van der Waals surface area (Å²) in [6.07, 6.45) is 13.0. The van der Waals surface area contributed by atoms with Gasteiger partial charge in [-0.15, -0.1) is 5.10 Å². The van der Waals surface area contributed by atoms with Crippen molar-refractivity contribution in [2.75, 3.05) is 13.1 Å². The highest BCUT2D eigenvalue weighted by Crippen LogP contribution is 2.28. The molecule has 2 aliphatic rings. The van der Waals surface area contributed by atoms with Gasteiger partial charge in [0, 0.05) is 12.7 Å². The molecule has 136 valence electrons. The molecule has 0 bridgehead atoms. The Labute approximate surface area is 148 Å². The number of nitrogens with zero attached hydrogens (tertiary/aromatic N) is 5. The number of aromatic nitrogens is 5. The van der Waals surface area contributed by atoms with Crippen molar-refractivity contribution in [1.82, 2.24) is 30.1 Å². The van der Waals surface area contributed by atoms with Gasteiger partial charge in [-0.3, -0.25) is 4.68 Å². The Morgan fingerprint density at radius 2 is 2.08 bits per heavy atom. The van der Waals surface area contributed by atoms with Gasteiger partial charge in [0.25, 0.3) is 0 Å². The summed E-state index contributed by atoms with van der Waals surface area (Å²) in [5.41, 5.74) is 2.11. The fourth-order valence-corrected chi connectivity index (χ4v) is 3.93. The Morgan fingerprint density at radius 1 is 1.16 bits per heavy atom. The van der Waals surface area contributed by atoms with Crippen molar-refractivity contribution in [3.63, 3.8) is 0 Å². The summed E-state index contributed by atoms with van der Waals surface area (Å²) < 4.78 is 10.0. The van der Waals surface area contributed by atoms with E-state index in [0.717, 1.165) is 25.2 Å². The minimum atomic E-state index is 0.298. The molecule has 4 rings (SSSR count). The van der Waals surface area contributed by atoms with Gasteiger partial charge in [0.2, 0.25) is 0 Å². The van der Waals surface area contributed by atoms with E-state index in [4.69, 9.17) is 4.74 Å². The molecule has 0 amide bonds. The van der Waals surface area contributed by atoms with Crippen molar-refractivity contribution < 1.29 is 4.74 Å². The first-order valence-corrected chi connectivity index (χ1v) is 9.62. The van der Waals surface area contributed by atoms with Gasteiger partial charge in [-0.2, -0.15) is 5.10 Å². The smallest absolute Gasteiger partial charge is 0.108 e. The maximum absolute atomic E-state index is 5.94. The molecule has 1 saturated heterocycles. The minimum Gasteiger partial charge on any atom is -0.370 e. The topological polar surface area (TPSA) is 69.8 Å². The molecule has 1 saturated carbocycles. The van der Waals surface area contributed by atoms with Crippen LogP contribution >= 0.6 is 0 Å². The van der Waals surface area contributed by atoms with Crippen LogP contribution in [0.15, 0.2) is 18.5 Å². The maximum atomic E-state index is 5.94. The molecule has 1 aliphatic carbocycles. The Hall–Kier alpha value is -1.73. The third-order valence-corrected chi connectivity index (χ3v) is 5.30. The highest BCUT2D eigenvalue weighted by Gasteiger charge is 2.19. The van der Waals surface area contributed by atoms with Crippen molar-refractivity contribution >= 4 is 0 Å². The summed E-state index contributed by atoms with van der Waals surface area (Å²) in [5.74, 6) is 0. The Bertz CT molecular complexity index is 654. The molecule has 0 radical (unpaired) electrons. The zero-order chi connectivity index (χ0) is 16.9. The van der Waals surface area contributed by atoms with Gasteiger partial charge in [-0.05, 0) is 38.3 Å². The summed E-state index contributed by atoms with van der Waals surface area (Å²) >= 11 is 0. The van der Waals surface area contributed by atoms with Crippen molar-refractivity contribution in [2.45, 2.75) is 70.2 Å². The highest BCUT2D eigenvalue weighted by atomic mass is 16.5. The van der Waals surface area contributed by atoms with E-state index >= 15 is 0 Å². The average molecular weight is 344 g/mol. The number of piperidine rings is 1. The van der Waals surface area contributed by atoms with Gasteiger partial charge in [-0.25, -0.2) is 4.68 Å². The lowest BCUT2D eigenvalue weighted by atomic mass is 9.95. The van der Waals surface area contributed by atoms with Crippen LogP contribution < -0.4 is 5.32 Å². The van der Waals surface area contributed by atoms with E-state index in [-0.39, 0.29) is 0 Å². The molecule has 7 heteroatoms. The quantitative estimate of drug-likeness (QED) is 0.871. The van der Waals surface area contributed by atoms with Crippen molar-refractivity contribution in [2.24, 2.45) is 0 Å². The standard InChI is InChI=1S/C18H28N6O/c1-2-5-16(6-3-1)24-17(8-10-20-24)13-23-12-15(21-22-23)14-25-18-7-4-9-19-11-18/h8,10,12,16,18-19H,1-7,9,11,13-14H2. The normalized spacial score (nSPS) is 22.3. The zero-order valence-corrected chi connectivity index (χ0v) is 14.8. The molecule has 1 atom stereocenters. The first-order valence-electron chi connectivity index (χ1n) is 9.62. The average Bonchev–Trinajstić information content (AvgIpc) is 3.31. The second-order valence-corrected chi connectivity index (χ2v) is 7.25. The minimum absolute atomic E-state index is 0.298. The number of hydrogen-bond acceptors (Lipinski definition) is 5. The first-order chi connectivity index (χ1) is 12.4. The number of hydrogen-bond donors (Lipinski definition) is 1. The molecule has 0 spiro atoms. The van der Waals surface area contributed by atoms with Crippen LogP contribution in [0.1, 0.15) is 62.4 Å². The van der Waals surface area contributed by atoms with E-state index < -0.39 is 0 Å². The van der Waals surface area contributed by atoms with Gasteiger partial charge in [0.15, 0.2) is 0 Å². The Kier molecular flexibility index (Phi) is 5.42. The molecule has 2 fully saturated rings. The monoisotopic (exact) mass is 344 g/mol. The summed E-state index contributed by atoms with van der Waals surface area (Å²) in [4.78, 5) is 0. The molecule has 25 heavy (non-hydrogen) atoms. The summed E-state index contributed by atoms with van der Waals surface area (Å²) in [7, 11) is 0. The van der Waals surface area contributed by atoms with E-state index in [0.29, 0.717) is 25.3 Å². The van der Waals surface area contributed by atoms with E-state index in [1.165, 1.54) is 44.2 Å². The second-order valence-electron chi connectivity index (χ2n) is 7.25. The van der Waals surface area contributed by atoms with E-state index in [9.17, 15) is 0 Å². The van der Waals surface area contributed by atoms with E-state index in [1.807, 2.05) is 17.1 Å². The Balaban J connectivity index is 1.34. The molecule has 1 aliphatic heterocycles. The molecule has 0 aromatic carbocycles. The molecular weight excluding hydrogens is 316 g/mol. The zero-order valence-electron chi connectivity index (χ0n) is 14.8. The lowest BCUT2D eigenvalue weighted by Gasteiger charge is -2.23. The first kappa shape index (κ1) is 16.7. The molecule has 1 unspecified atom stereocenters. The van der Waals surface area contributed by atoms with E-state index in [1.54, 1.807) is 0 Å². The van der Waals surface area contributed by atoms with Gasteiger partial charge >= 0.3 is 0 Å². The number of nitrogens with one attached hydrogen (secondary N) is 1. The lowest BCUT2D eigenvalue weighted by Crippen LogP contribution is -2.35. The lowest BCUT2D eigenvalue weighted by molar-refractivity contribution is 0.0236. The number of rotatable bonds is 6. The van der Waals surface area contributed by atoms with Crippen LogP contribution in [0.5, 0.6) is 0 Å². The fourth-order valence-electron chi connectivity index (χ4n) is 3.93. The molecular formula is C18H28N6O. The third-order valence-electron chi connectivity index (χ3n) is 5.30.